The Bertz CT molecular complexity index is 380. The Hall–Kier alpha value is -0.600. The molecule has 0 aromatic rings. The maximum atomic E-state index is 6.17. The Morgan fingerprint density at radius 2 is 1.91 bits per heavy atom. The van der Waals surface area contributed by atoms with Gasteiger partial charge in [0.25, 0.3) is 0 Å². The van der Waals surface area contributed by atoms with Crippen LogP contribution in [0.4, 0.5) is 0 Å². The zero-order chi connectivity index (χ0) is 16.8. The van der Waals surface area contributed by atoms with Crippen LogP contribution in [0, 0.1) is 23.7 Å². The molecule has 0 aromatic carbocycles. The molecule has 0 bridgehead atoms. The van der Waals surface area contributed by atoms with Crippen molar-refractivity contribution in [2.45, 2.75) is 78.5 Å². The van der Waals surface area contributed by atoms with Gasteiger partial charge in [0, 0.05) is 25.9 Å². The molecule has 128 valence electrons. The van der Waals surface area contributed by atoms with Gasteiger partial charge in [-0.3, -0.25) is 0 Å². The average Bonchev–Trinajstić information content (AvgIpc) is 2.44. The van der Waals surface area contributed by atoms with Gasteiger partial charge >= 0.3 is 0 Å². The Kier molecular flexibility index (Phi) is 7.85. The molecule has 0 aromatic heterocycles. The van der Waals surface area contributed by atoms with Crippen LogP contribution < -0.4 is 0 Å². The van der Waals surface area contributed by atoms with Crippen molar-refractivity contribution >= 4 is 0 Å². The molecule has 1 rings (SSSR count). The van der Waals surface area contributed by atoms with Crippen LogP contribution in [0.15, 0.2) is 0 Å². The fourth-order valence-corrected chi connectivity index (χ4v) is 3.00. The monoisotopic (exact) mass is 312 g/mol. The van der Waals surface area contributed by atoms with Crippen molar-refractivity contribution in [1.82, 2.24) is 0 Å². The summed E-state index contributed by atoms with van der Waals surface area (Å²) in [7, 11) is 1.63. The maximum absolute atomic E-state index is 6.17. The van der Waals surface area contributed by atoms with Crippen LogP contribution in [0.5, 0.6) is 0 Å². The van der Waals surface area contributed by atoms with Gasteiger partial charge in [0.05, 0.1) is 18.3 Å². The van der Waals surface area contributed by atoms with Gasteiger partial charge in [-0.2, -0.15) is 0 Å². The summed E-state index contributed by atoms with van der Waals surface area (Å²) in [5.41, 5.74) is 0. The second-order valence-corrected chi connectivity index (χ2v) is 6.80. The first-order valence-corrected chi connectivity index (χ1v) is 8.16. The molecule has 0 spiro atoms. The van der Waals surface area contributed by atoms with E-state index in [4.69, 9.17) is 18.9 Å². The van der Waals surface area contributed by atoms with Gasteiger partial charge in [-0.25, -0.2) is 0 Å². The smallest absolute Gasteiger partial charge is 0.163 e. The van der Waals surface area contributed by atoms with Gasteiger partial charge in [0.1, 0.15) is 6.79 Å². The highest BCUT2D eigenvalue weighted by molar-refractivity contribution is 4.98. The minimum absolute atomic E-state index is 0.0153. The van der Waals surface area contributed by atoms with E-state index in [1.54, 1.807) is 7.11 Å². The summed E-state index contributed by atoms with van der Waals surface area (Å²) in [6, 6.07) is 0. The van der Waals surface area contributed by atoms with E-state index in [0.29, 0.717) is 18.3 Å². The fourth-order valence-electron chi connectivity index (χ4n) is 3.00. The van der Waals surface area contributed by atoms with Gasteiger partial charge in [-0.15, -0.1) is 11.8 Å². The number of rotatable bonds is 7. The van der Waals surface area contributed by atoms with Crippen molar-refractivity contribution in [3.05, 3.63) is 0 Å². The molecule has 1 aliphatic rings. The minimum atomic E-state index is -0.561. The molecule has 1 heterocycles. The van der Waals surface area contributed by atoms with Gasteiger partial charge in [0.2, 0.25) is 0 Å². The molecule has 0 saturated carbocycles. The Balaban J connectivity index is 2.77. The molecule has 0 N–H and O–H groups in total. The van der Waals surface area contributed by atoms with Crippen molar-refractivity contribution in [1.29, 1.82) is 0 Å². The highest BCUT2D eigenvalue weighted by Gasteiger charge is 2.42. The van der Waals surface area contributed by atoms with E-state index in [-0.39, 0.29) is 25.1 Å². The predicted octanol–water partition coefficient (Wildman–Crippen LogP) is 3.59. The van der Waals surface area contributed by atoms with E-state index >= 15 is 0 Å². The second kappa shape index (κ2) is 8.88. The van der Waals surface area contributed by atoms with Gasteiger partial charge < -0.3 is 18.9 Å². The van der Waals surface area contributed by atoms with E-state index in [1.807, 2.05) is 20.8 Å². The molecule has 0 amide bonds. The Morgan fingerprint density at radius 1 is 1.23 bits per heavy atom. The lowest BCUT2D eigenvalue weighted by Gasteiger charge is -2.47. The fraction of sp³-hybridized carbons (Fsp3) is 0.889. The second-order valence-electron chi connectivity index (χ2n) is 6.80. The van der Waals surface area contributed by atoms with Crippen molar-refractivity contribution in [2.75, 3.05) is 13.9 Å². The van der Waals surface area contributed by atoms with Crippen LogP contribution in [0.2, 0.25) is 0 Å². The summed E-state index contributed by atoms with van der Waals surface area (Å²) < 4.78 is 23.1. The molecule has 1 fully saturated rings. The zero-order valence-electron chi connectivity index (χ0n) is 15.1. The van der Waals surface area contributed by atoms with Crippen LogP contribution >= 0.6 is 0 Å². The first kappa shape index (κ1) is 19.4. The van der Waals surface area contributed by atoms with Crippen LogP contribution in [0.1, 0.15) is 54.4 Å². The number of methoxy groups -OCH3 is 1. The summed E-state index contributed by atoms with van der Waals surface area (Å²) in [4.78, 5) is 0. The van der Waals surface area contributed by atoms with E-state index < -0.39 is 5.79 Å². The largest absolute Gasteiger partial charge is 0.359 e. The lowest BCUT2D eigenvalue weighted by Crippen LogP contribution is -2.52. The highest BCUT2D eigenvalue weighted by atomic mass is 16.7. The maximum Gasteiger partial charge on any atom is 0.163 e. The molecule has 4 heteroatoms. The lowest BCUT2D eigenvalue weighted by molar-refractivity contribution is -0.329. The highest BCUT2D eigenvalue weighted by Crippen LogP contribution is 2.36. The SMILES string of the molecule is CC#CC[C@@H](C[C@H]1OC(C)(C)O[C@@H](C(C)C)[C@H]1C)OCOC. The van der Waals surface area contributed by atoms with Crippen LogP contribution in [-0.4, -0.2) is 38.0 Å². The van der Waals surface area contributed by atoms with E-state index in [1.165, 1.54) is 0 Å². The third-order valence-corrected chi connectivity index (χ3v) is 4.04. The molecule has 0 aliphatic carbocycles. The van der Waals surface area contributed by atoms with Crippen molar-refractivity contribution in [2.24, 2.45) is 11.8 Å². The average molecular weight is 312 g/mol. The topological polar surface area (TPSA) is 36.9 Å². The summed E-state index contributed by atoms with van der Waals surface area (Å²) in [6.07, 6.45) is 1.79. The molecular weight excluding hydrogens is 280 g/mol. The minimum Gasteiger partial charge on any atom is -0.359 e. The third kappa shape index (κ3) is 5.89. The zero-order valence-corrected chi connectivity index (χ0v) is 15.1. The summed E-state index contributed by atoms with van der Waals surface area (Å²) in [6.45, 7) is 12.7. The number of hydrogen-bond donors (Lipinski definition) is 0. The molecule has 4 atom stereocenters. The number of hydrogen-bond acceptors (Lipinski definition) is 4. The van der Waals surface area contributed by atoms with Gasteiger partial charge in [-0.1, -0.05) is 20.8 Å². The molecule has 0 radical (unpaired) electrons. The first-order chi connectivity index (χ1) is 10.3. The molecule has 1 aliphatic heterocycles. The predicted molar refractivity (Wildman–Crippen MR) is 87.3 cm³/mol. The van der Waals surface area contributed by atoms with Crippen molar-refractivity contribution < 1.29 is 18.9 Å². The molecule has 4 nitrogen and oxygen atoms in total. The molecule has 22 heavy (non-hydrogen) atoms. The van der Waals surface area contributed by atoms with Crippen molar-refractivity contribution in [3.8, 4) is 11.8 Å². The molecule has 0 unspecified atom stereocenters. The van der Waals surface area contributed by atoms with Crippen LogP contribution in [0.3, 0.4) is 0 Å². The normalized spacial score (nSPS) is 29.0. The van der Waals surface area contributed by atoms with Crippen LogP contribution in [-0.2, 0) is 18.9 Å². The van der Waals surface area contributed by atoms with Crippen LogP contribution in [0.25, 0.3) is 0 Å². The lowest BCUT2D eigenvalue weighted by atomic mass is 9.85. The summed E-state index contributed by atoms with van der Waals surface area (Å²) in [5, 5.41) is 0. The molecule has 1 saturated heterocycles. The Morgan fingerprint density at radius 3 is 2.45 bits per heavy atom. The third-order valence-electron chi connectivity index (χ3n) is 4.04. The summed E-state index contributed by atoms with van der Waals surface area (Å²) in [5.74, 6) is 6.24. The van der Waals surface area contributed by atoms with E-state index in [9.17, 15) is 0 Å². The standard InChI is InChI=1S/C18H32O4/c1-8-9-10-15(20-12-19-7)11-16-14(4)17(13(2)3)22-18(5,6)21-16/h13-17H,10-12H2,1-7H3/t14-,15-,16+,17-/m0/s1. The molecular formula is C18H32O4. The Labute approximate surface area is 135 Å². The summed E-state index contributed by atoms with van der Waals surface area (Å²) >= 11 is 0. The number of ether oxygens (including phenoxy) is 4. The van der Waals surface area contributed by atoms with E-state index in [2.05, 4.69) is 32.6 Å². The first-order valence-electron chi connectivity index (χ1n) is 8.16. The van der Waals surface area contributed by atoms with E-state index in [0.717, 1.165) is 6.42 Å². The van der Waals surface area contributed by atoms with Gasteiger partial charge in [0.15, 0.2) is 5.79 Å². The quantitative estimate of drug-likeness (QED) is 0.532. The van der Waals surface area contributed by atoms with Crippen molar-refractivity contribution in [3.63, 3.8) is 0 Å². The van der Waals surface area contributed by atoms with Gasteiger partial charge in [-0.05, 0) is 26.7 Å².